The second kappa shape index (κ2) is 11.6. The van der Waals surface area contributed by atoms with Gasteiger partial charge in [-0.1, -0.05) is 18.2 Å². The predicted octanol–water partition coefficient (Wildman–Crippen LogP) is 1.86. The van der Waals surface area contributed by atoms with Gasteiger partial charge in [0.2, 0.25) is 0 Å². The Hall–Kier alpha value is -0.380. The molecule has 0 aliphatic heterocycles. The minimum absolute atomic E-state index is 0. The highest BCUT2D eigenvalue weighted by atomic mass is 35.5. The summed E-state index contributed by atoms with van der Waals surface area (Å²) in [5.74, 6) is 0.322. The van der Waals surface area contributed by atoms with Crippen molar-refractivity contribution in [2.45, 2.75) is 0 Å². The molecule has 1 aromatic carbocycles. The Morgan fingerprint density at radius 2 is 1.31 bits per heavy atom. The van der Waals surface area contributed by atoms with Crippen molar-refractivity contribution < 1.29 is 19.5 Å². The Morgan fingerprint density at radius 1 is 1.00 bits per heavy atom. The molecule has 0 aliphatic carbocycles. The van der Waals surface area contributed by atoms with Crippen molar-refractivity contribution in [1.82, 2.24) is 0 Å². The van der Waals surface area contributed by atoms with E-state index < -0.39 is 8.25 Å². The van der Waals surface area contributed by atoms with E-state index in [0.717, 1.165) is 0 Å². The van der Waals surface area contributed by atoms with E-state index >= 15 is 0 Å². The fourth-order valence-corrected chi connectivity index (χ4v) is 0.428. The number of halogens is 2. The van der Waals surface area contributed by atoms with Crippen LogP contribution in [0, 0.1) is 0 Å². The molecule has 1 aromatic rings. The normalized spacial score (nSPS) is 6.62. The van der Waals surface area contributed by atoms with Crippen LogP contribution in [-0.4, -0.2) is 14.9 Å². The first-order valence-corrected chi connectivity index (χ1v) is 3.88. The molecule has 0 heterocycles. The van der Waals surface area contributed by atoms with Crippen molar-refractivity contribution >= 4 is 33.1 Å². The number of benzene rings is 1. The zero-order valence-corrected chi connectivity index (χ0v) is 8.93. The van der Waals surface area contributed by atoms with Gasteiger partial charge in [-0.3, -0.25) is 0 Å². The van der Waals surface area contributed by atoms with Crippen molar-refractivity contribution in [3.05, 3.63) is 30.3 Å². The molecule has 3 N–H and O–H groups in total. The van der Waals surface area contributed by atoms with Crippen LogP contribution in [0.4, 0.5) is 0 Å². The Kier molecular flexibility index (Phi) is 16.5. The number of phenolic OH excluding ortho intramolecular Hbond substituents is 1. The SMILES string of the molecule is Cl.Cl.O=[P+](O)O.Oc1ccccc1. The summed E-state index contributed by atoms with van der Waals surface area (Å²) in [6.45, 7) is 0. The average Bonchev–Trinajstić information content (AvgIpc) is 1.87. The molecule has 0 spiro atoms. The van der Waals surface area contributed by atoms with Crippen LogP contribution in [0.5, 0.6) is 5.75 Å². The van der Waals surface area contributed by atoms with Crippen LogP contribution in [0.3, 0.4) is 0 Å². The molecule has 0 saturated carbocycles. The molecule has 0 fully saturated rings. The van der Waals surface area contributed by atoms with Crippen molar-refractivity contribution in [2.24, 2.45) is 0 Å². The van der Waals surface area contributed by atoms with Gasteiger partial charge in [-0.05, 0) is 12.1 Å². The minimum Gasteiger partial charge on any atom is -0.508 e. The molecule has 0 amide bonds. The molecule has 13 heavy (non-hydrogen) atoms. The van der Waals surface area contributed by atoms with Crippen LogP contribution < -0.4 is 0 Å². The molecule has 0 bridgehead atoms. The van der Waals surface area contributed by atoms with Crippen LogP contribution in [-0.2, 0) is 4.57 Å². The summed E-state index contributed by atoms with van der Waals surface area (Å²) >= 11 is 0. The highest BCUT2D eigenvalue weighted by Gasteiger charge is 1.93. The van der Waals surface area contributed by atoms with Gasteiger partial charge in [0.25, 0.3) is 0 Å². The third-order valence-electron chi connectivity index (χ3n) is 0.756. The third kappa shape index (κ3) is 18.5. The summed E-state index contributed by atoms with van der Waals surface area (Å²) in [4.78, 5) is 14.2. The van der Waals surface area contributed by atoms with Crippen LogP contribution >= 0.6 is 33.1 Å². The number of phenols is 1. The maximum Gasteiger partial charge on any atom is 0.692 e. The molecule has 0 aliphatic rings. The van der Waals surface area contributed by atoms with Gasteiger partial charge in [0.05, 0.1) is 0 Å². The van der Waals surface area contributed by atoms with E-state index in [1.165, 1.54) is 0 Å². The second-order valence-electron chi connectivity index (χ2n) is 1.59. The van der Waals surface area contributed by atoms with Crippen molar-refractivity contribution in [3.8, 4) is 5.75 Å². The van der Waals surface area contributed by atoms with E-state index in [1.54, 1.807) is 24.3 Å². The Balaban J connectivity index is -0.000000150. The standard InChI is InChI=1S/C6H6O.2ClH.HO3P/c7-6-4-2-1-3-5-6;;;1-4(2)3/h1-5,7H;2*1H;(H-,1,2,3)/p+1. The van der Waals surface area contributed by atoms with Crippen LogP contribution in [0.2, 0.25) is 0 Å². The van der Waals surface area contributed by atoms with Crippen LogP contribution in [0.15, 0.2) is 30.3 Å². The summed E-state index contributed by atoms with van der Waals surface area (Å²) in [6, 6.07) is 8.71. The first kappa shape index (κ1) is 18.4. The van der Waals surface area contributed by atoms with Gasteiger partial charge in [-0.2, -0.15) is 0 Å². The molecule has 0 unspecified atom stereocenters. The van der Waals surface area contributed by atoms with E-state index in [4.69, 9.17) is 19.5 Å². The summed E-state index contributed by atoms with van der Waals surface area (Å²) in [5.41, 5.74) is 0. The molecule has 0 atom stereocenters. The van der Waals surface area contributed by atoms with Crippen molar-refractivity contribution in [1.29, 1.82) is 0 Å². The lowest BCUT2D eigenvalue weighted by molar-refractivity contribution is 0.405. The molecule has 0 radical (unpaired) electrons. The molecule has 7 heteroatoms. The smallest absolute Gasteiger partial charge is 0.508 e. The lowest BCUT2D eigenvalue weighted by atomic mass is 10.3. The van der Waals surface area contributed by atoms with Gasteiger partial charge in [-0.15, -0.1) is 34.6 Å². The Morgan fingerprint density at radius 3 is 1.46 bits per heavy atom. The van der Waals surface area contributed by atoms with Gasteiger partial charge in [0.1, 0.15) is 5.75 Å². The number of para-hydroxylation sites is 1. The minimum atomic E-state index is -2.87. The van der Waals surface area contributed by atoms with Gasteiger partial charge in [0.15, 0.2) is 0 Å². The molecule has 0 saturated heterocycles. The Bertz CT molecular complexity index is 215. The van der Waals surface area contributed by atoms with Crippen LogP contribution in [0.1, 0.15) is 0 Å². The monoisotopic (exact) mass is 247 g/mol. The average molecular weight is 248 g/mol. The lowest BCUT2D eigenvalue weighted by Crippen LogP contribution is -1.56. The zero-order valence-electron chi connectivity index (χ0n) is 6.40. The molecular weight excluding hydrogens is 238 g/mol. The van der Waals surface area contributed by atoms with Gasteiger partial charge in [0, 0.05) is 4.57 Å². The van der Waals surface area contributed by atoms with E-state index in [-0.39, 0.29) is 24.8 Å². The third-order valence-corrected chi connectivity index (χ3v) is 0.756. The number of rotatable bonds is 0. The topological polar surface area (TPSA) is 77.8 Å². The van der Waals surface area contributed by atoms with Gasteiger partial charge < -0.3 is 5.11 Å². The molecule has 1 rings (SSSR count). The van der Waals surface area contributed by atoms with Crippen molar-refractivity contribution in [3.63, 3.8) is 0 Å². The van der Waals surface area contributed by atoms with Crippen LogP contribution in [0.25, 0.3) is 0 Å². The lowest BCUT2D eigenvalue weighted by Gasteiger charge is -1.82. The van der Waals surface area contributed by atoms with Gasteiger partial charge in [-0.25, -0.2) is 0 Å². The molecule has 4 nitrogen and oxygen atoms in total. The zero-order chi connectivity index (χ0) is 8.69. The van der Waals surface area contributed by atoms with E-state index in [0.29, 0.717) is 5.75 Å². The summed E-state index contributed by atoms with van der Waals surface area (Å²) in [6.07, 6.45) is 0. The summed E-state index contributed by atoms with van der Waals surface area (Å²) in [7, 11) is -2.87. The number of aromatic hydroxyl groups is 1. The number of hydrogen-bond acceptors (Lipinski definition) is 2. The van der Waals surface area contributed by atoms with Gasteiger partial charge >= 0.3 is 8.25 Å². The fourth-order valence-electron chi connectivity index (χ4n) is 0.428. The molecular formula is C6H10Cl2O4P+. The maximum atomic E-state index is 8.70. The first-order valence-electron chi connectivity index (χ1n) is 2.72. The summed E-state index contributed by atoms with van der Waals surface area (Å²) < 4.78 is 8.70. The molecule has 0 aromatic heterocycles. The highest BCUT2D eigenvalue weighted by Crippen LogP contribution is 2.02. The highest BCUT2D eigenvalue weighted by molar-refractivity contribution is 7.30. The second-order valence-corrected chi connectivity index (χ2v) is 2.09. The fraction of sp³-hybridized carbons (Fsp3) is 0. The first-order chi connectivity index (χ1) is 5.13. The maximum absolute atomic E-state index is 8.70. The van der Waals surface area contributed by atoms with Crippen molar-refractivity contribution in [2.75, 3.05) is 0 Å². The van der Waals surface area contributed by atoms with E-state index in [1.807, 2.05) is 6.07 Å². The van der Waals surface area contributed by atoms with E-state index in [9.17, 15) is 0 Å². The predicted molar refractivity (Wildman–Crippen MR) is 54.6 cm³/mol. The number of hydrogen-bond donors (Lipinski definition) is 3. The quantitative estimate of drug-likeness (QED) is 0.612. The Labute approximate surface area is 89.0 Å². The largest absolute Gasteiger partial charge is 0.692 e. The molecule has 76 valence electrons. The van der Waals surface area contributed by atoms with E-state index in [2.05, 4.69) is 0 Å². The summed E-state index contributed by atoms with van der Waals surface area (Å²) in [5, 5.41) is 8.63.